The Morgan fingerprint density at radius 3 is 2.10 bits per heavy atom. The highest BCUT2D eigenvalue weighted by atomic mass is 32.2. The molecule has 1 rings (SSSR count). The molecule has 5 heteroatoms. The molecule has 0 amide bonds. The van der Waals surface area contributed by atoms with E-state index in [0.717, 1.165) is 12.8 Å². The van der Waals surface area contributed by atoms with Crippen molar-refractivity contribution in [2.24, 2.45) is 0 Å². The van der Waals surface area contributed by atoms with Crippen LogP contribution in [0.2, 0.25) is 0 Å². The highest BCUT2D eigenvalue weighted by Gasteiger charge is 2.34. The Labute approximate surface area is 129 Å². The van der Waals surface area contributed by atoms with Crippen LogP contribution in [0.25, 0.3) is 0 Å². The average molecular weight is 319 g/mol. The lowest BCUT2D eigenvalue weighted by atomic mass is 9.99. The van der Waals surface area contributed by atoms with Crippen molar-refractivity contribution in [2.45, 2.75) is 50.1 Å². The lowest BCUT2D eigenvalue weighted by Crippen LogP contribution is -2.39. The molecule has 0 spiro atoms. The highest BCUT2D eigenvalue weighted by Crippen LogP contribution is 2.33. The van der Waals surface area contributed by atoms with E-state index in [4.69, 9.17) is 0 Å². The molecule has 0 aliphatic carbocycles. The van der Waals surface area contributed by atoms with Crippen LogP contribution in [0.3, 0.4) is 0 Å². The number of halogens is 3. The molecule has 0 fully saturated rings. The number of nitrogens with one attached hydrogen (secondary N) is 1. The first-order chi connectivity index (χ1) is 9.86. The van der Waals surface area contributed by atoms with Gasteiger partial charge in [-0.1, -0.05) is 44.2 Å². The van der Waals surface area contributed by atoms with Crippen LogP contribution >= 0.6 is 11.8 Å². The Morgan fingerprint density at radius 1 is 1.10 bits per heavy atom. The zero-order valence-corrected chi connectivity index (χ0v) is 13.7. The summed E-state index contributed by atoms with van der Waals surface area (Å²) in [4.78, 5) is 0. The molecule has 0 saturated heterocycles. The molecular weight excluding hydrogens is 295 g/mol. The van der Waals surface area contributed by atoms with Crippen LogP contribution in [0.1, 0.15) is 44.7 Å². The van der Waals surface area contributed by atoms with Gasteiger partial charge in [-0.25, -0.2) is 0 Å². The van der Waals surface area contributed by atoms with Gasteiger partial charge < -0.3 is 5.32 Å². The van der Waals surface area contributed by atoms with Crippen LogP contribution in [0.4, 0.5) is 13.2 Å². The fourth-order valence-electron chi connectivity index (χ4n) is 2.39. The molecule has 1 aromatic carbocycles. The molecule has 0 saturated carbocycles. The monoisotopic (exact) mass is 319 g/mol. The first-order valence-electron chi connectivity index (χ1n) is 7.26. The van der Waals surface area contributed by atoms with Crippen LogP contribution in [0.15, 0.2) is 30.3 Å². The number of hydrogen-bond donors (Lipinski definition) is 1. The van der Waals surface area contributed by atoms with E-state index in [0.29, 0.717) is 12.1 Å². The van der Waals surface area contributed by atoms with Gasteiger partial charge in [0.1, 0.15) is 0 Å². The van der Waals surface area contributed by atoms with Gasteiger partial charge in [0.05, 0.1) is 6.42 Å². The zero-order valence-electron chi connectivity index (χ0n) is 12.8. The van der Waals surface area contributed by atoms with Crippen molar-refractivity contribution in [1.82, 2.24) is 5.32 Å². The predicted octanol–water partition coefficient (Wildman–Crippen LogP) is 5.19. The number of thioether (sulfide) groups is 1. The van der Waals surface area contributed by atoms with E-state index in [1.165, 1.54) is 0 Å². The van der Waals surface area contributed by atoms with E-state index in [1.54, 1.807) is 36.0 Å². The van der Waals surface area contributed by atoms with Gasteiger partial charge in [0, 0.05) is 17.3 Å². The Balaban J connectivity index is 2.83. The molecule has 1 atom stereocenters. The van der Waals surface area contributed by atoms with E-state index < -0.39 is 18.6 Å². The first kappa shape index (κ1) is 18.4. The van der Waals surface area contributed by atoms with E-state index in [-0.39, 0.29) is 4.75 Å². The average Bonchev–Trinajstić information content (AvgIpc) is 2.47. The largest absolute Gasteiger partial charge is 0.390 e. The van der Waals surface area contributed by atoms with Crippen molar-refractivity contribution in [1.29, 1.82) is 0 Å². The molecule has 120 valence electrons. The zero-order chi connectivity index (χ0) is 15.9. The lowest BCUT2D eigenvalue weighted by molar-refractivity contribution is -0.140. The standard InChI is InChI=1S/C16H24F3NS/c1-4-15(5-2,21-3)12-20-14(11-16(17,18)19)13-9-7-6-8-10-13/h6-10,14,20H,4-5,11-12H2,1-3H3. The molecule has 0 bridgehead atoms. The molecule has 1 unspecified atom stereocenters. The minimum absolute atomic E-state index is 0.00136. The number of benzene rings is 1. The maximum absolute atomic E-state index is 12.8. The summed E-state index contributed by atoms with van der Waals surface area (Å²) >= 11 is 1.73. The third-order valence-corrected chi connectivity index (χ3v) is 5.62. The normalized spacial score (nSPS) is 14.2. The summed E-state index contributed by atoms with van der Waals surface area (Å²) in [7, 11) is 0. The summed E-state index contributed by atoms with van der Waals surface area (Å²) in [5.74, 6) is 0. The van der Waals surface area contributed by atoms with E-state index in [1.807, 2.05) is 12.3 Å². The second kappa shape index (κ2) is 8.08. The Hall–Kier alpha value is -0.680. The minimum atomic E-state index is -4.17. The van der Waals surface area contributed by atoms with Crippen LogP contribution in [-0.2, 0) is 0 Å². The summed E-state index contributed by atoms with van der Waals surface area (Å²) in [6.45, 7) is 4.75. The summed E-state index contributed by atoms with van der Waals surface area (Å²) in [5, 5.41) is 3.15. The smallest absolute Gasteiger partial charge is 0.308 e. The summed E-state index contributed by atoms with van der Waals surface area (Å²) in [6, 6.07) is 8.20. The molecule has 1 N–H and O–H groups in total. The van der Waals surface area contributed by atoms with Gasteiger partial charge in [0.25, 0.3) is 0 Å². The van der Waals surface area contributed by atoms with Gasteiger partial charge in [-0.05, 0) is 24.7 Å². The van der Waals surface area contributed by atoms with Crippen LogP contribution in [0, 0.1) is 0 Å². The van der Waals surface area contributed by atoms with E-state index >= 15 is 0 Å². The lowest BCUT2D eigenvalue weighted by Gasteiger charge is -2.32. The van der Waals surface area contributed by atoms with Crippen molar-refractivity contribution in [3.63, 3.8) is 0 Å². The second-order valence-electron chi connectivity index (χ2n) is 5.26. The number of alkyl halides is 3. The molecule has 0 aliphatic heterocycles. The predicted molar refractivity (Wildman–Crippen MR) is 84.7 cm³/mol. The second-order valence-corrected chi connectivity index (χ2v) is 6.53. The Bertz CT molecular complexity index is 393. The van der Waals surface area contributed by atoms with Crippen molar-refractivity contribution >= 4 is 11.8 Å². The van der Waals surface area contributed by atoms with Crippen molar-refractivity contribution in [2.75, 3.05) is 12.8 Å². The maximum atomic E-state index is 12.8. The highest BCUT2D eigenvalue weighted by molar-refractivity contribution is 8.00. The van der Waals surface area contributed by atoms with Gasteiger partial charge in [-0.2, -0.15) is 24.9 Å². The van der Waals surface area contributed by atoms with Gasteiger partial charge in [-0.3, -0.25) is 0 Å². The summed E-state index contributed by atoms with van der Waals surface area (Å²) in [6.07, 6.45) is -1.12. The maximum Gasteiger partial charge on any atom is 0.390 e. The third kappa shape index (κ3) is 5.91. The van der Waals surface area contributed by atoms with Crippen LogP contribution < -0.4 is 5.32 Å². The Morgan fingerprint density at radius 2 is 1.67 bits per heavy atom. The summed E-state index contributed by atoms with van der Waals surface area (Å²) < 4.78 is 38.4. The fourth-order valence-corrected chi connectivity index (χ4v) is 3.20. The number of rotatable bonds is 8. The topological polar surface area (TPSA) is 12.0 Å². The van der Waals surface area contributed by atoms with Crippen molar-refractivity contribution in [3.05, 3.63) is 35.9 Å². The van der Waals surface area contributed by atoms with Gasteiger partial charge in [0.2, 0.25) is 0 Å². The van der Waals surface area contributed by atoms with Crippen molar-refractivity contribution < 1.29 is 13.2 Å². The van der Waals surface area contributed by atoms with Crippen LogP contribution in [0.5, 0.6) is 0 Å². The molecule has 0 heterocycles. The summed E-state index contributed by atoms with van der Waals surface area (Å²) in [5.41, 5.74) is 0.692. The third-order valence-electron chi connectivity index (χ3n) is 4.03. The SMILES string of the molecule is CCC(CC)(CNC(CC(F)(F)F)c1ccccc1)SC. The molecule has 1 aromatic rings. The quantitative estimate of drug-likeness (QED) is 0.707. The number of hydrogen-bond acceptors (Lipinski definition) is 2. The van der Waals surface area contributed by atoms with Crippen LogP contribution in [-0.4, -0.2) is 23.7 Å². The molecule has 0 radical (unpaired) electrons. The minimum Gasteiger partial charge on any atom is -0.308 e. The van der Waals surface area contributed by atoms with Gasteiger partial charge >= 0.3 is 6.18 Å². The fraction of sp³-hybridized carbons (Fsp3) is 0.625. The Kier molecular flexibility index (Phi) is 7.07. The first-order valence-corrected chi connectivity index (χ1v) is 8.48. The molecule has 0 aliphatic rings. The van der Waals surface area contributed by atoms with E-state index in [2.05, 4.69) is 19.2 Å². The molecule has 1 nitrogen and oxygen atoms in total. The molecule has 0 aromatic heterocycles. The van der Waals surface area contributed by atoms with Gasteiger partial charge in [0.15, 0.2) is 0 Å². The molecule has 21 heavy (non-hydrogen) atoms. The van der Waals surface area contributed by atoms with Crippen molar-refractivity contribution in [3.8, 4) is 0 Å². The molecular formula is C16H24F3NS. The van der Waals surface area contributed by atoms with E-state index in [9.17, 15) is 13.2 Å². The van der Waals surface area contributed by atoms with Gasteiger partial charge in [-0.15, -0.1) is 0 Å².